The lowest BCUT2D eigenvalue weighted by atomic mass is 9.75. The molecule has 0 saturated carbocycles. The molecule has 2 saturated heterocycles. The van der Waals surface area contributed by atoms with Crippen molar-refractivity contribution in [2.75, 3.05) is 52.9 Å². The zero-order chi connectivity index (χ0) is 24.7. The third-order valence-corrected chi connectivity index (χ3v) is 7.41. The highest BCUT2D eigenvalue weighted by Gasteiger charge is 2.40. The number of likely N-dealkylation sites (N-methyl/N-ethyl adjacent to an activating group) is 1. The summed E-state index contributed by atoms with van der Waals surface area (Å²) in [5.74, 6) is 1.08. The smallest absolute Gasteiger partial charge is 0.223 e. The van der Waals surface area contributed by atoms with Crippen LogP contribution in [0.2, 0.25) is 5.02 Å². The van der Waals surface area contributed by atoms with Crippen molar-refractivity contribution in [3.05, 3.63) is 41.9 Å². The predicted molar refractivity (Wildman–Crippen MR) is 133 cm³/mol. The monoisotopic (exact) mass is 502 g/mol. The molecule has 190 valence electrons. The number of halogens is 1. The average Bonchev–Trinajstić information content (AvgIpc) is 3.38. The van der Waals surface area contributed by atoms with Crippen molar-refractivity contribution in [3.63, 3.8) is 0 Å². The molecule has 0 spiro atoms. The molecular formula is C25H35ClN6O3. The minimum atomic E-state index is -0.294. The van der Waals surface area contributed by atoms with Crippen molar-refractivity contribution in [3.8, 4) is 5.75 Å². The third kappa shape index (κ3) is 7.18. The Morgan fingerprint density at radius 1 is 1.00 bits per heavy atom. The highest BCUT2D eigenvalue weighted by atomic mass is 35.5. The van der Waals surface area contributed by atoms with Crippen molar-refractivity contribution in [1.29, 1.82) is 0 Å². The molecule has 2 aromatic rings. The van der Waals surface area contributed by atoms with Crippen LogP contribution in [0.5, 0.6) is 5.75 Å². The number of benzene rings is 1. The summed E-state index contributed by atoms with van der Waals surface area (Å²) < 4.78 is 7.90. The zero-order valence-electron chi connectivity index (χ0n) is 20.4. The fraction of sp³-hybridized carbons (Fsp3) is 0.600. The van der Waals surface area contributed by atoms with Crippen LogP contribution in [0.15, 0.2) is 36.9 Å². The van der Waals surface area contributed by atoms with Gasteiger partial charge in [-0.15, -0.1) is 0 Å². The van der Waals surface area contributed by atoms with E-state index < -0.39 is 0 Å². The van der Waals surface area contributed by atoms with Crippen LogP contribution in [-0.4, -0.2) is 94.2 Å². The Hall–Kier alpha value is -2.65. The quantitative estimate of drug-likeness (QED) is 0.524. The van der Waals surface area contributed by atoms with Gasteiger partial charge >= 0.3 is 0 Å². The molecule has 4 rings (SSSR count). The Bertz CT molecular complexity index is 952. The molecule has 0 atom stereocenters. The molecule has 0 bridgehead atoms. The van der Waals surface area contributed by atoms with E-state index in [1.54, 1.807) is 23.1 Å². The van der Waals surface area contributed by atoms with E-state index in [1.807, 2.05) is 21.9 Å². The first kappa shape index (κ1) is 25.4. The van der Waals surface area contributed by atoms with Crippen LogP contribution in [0.4, 0.5) is 0 Å². The first-order chi connectivity index (χ1) is 16.9. The molecule has 10 heteroatoms. The molecule has 35 heavy (non-hydrogen) atoms. The van der Waals surface area contributed by atoms with Crippen LogP contribution in [0.25, 0.3) is 0 Å². The summed E-state index contributed by atoms with van der Waals surface area (Å²) in [7, 11) is 2.09. The maximum atomic E-state index is 13.2. The molecule has 9 nitrogen and oxygen atoms in total. The highest BCUT2D eigenvalue weighted by molar-refractivity contribution is 6.30. The Morgan fingerprint density at radius 3 is 2.34 bits per heavy atom. The normalized spacial score (nSPS) is 18.5. The molecule has 2 fully saturated rings. The molecule has 3 heterocycles. The van der Waals surface area contributed by atoms with Gasteiger partial charge in [-0.25, -0.2) is 4.98 Å². The Morgan fingerprint density at radius 2 is 1.69 bits per heavy atom. The summed E-state index contributed by atoms with van der Waals surface area (Å²) in [6.45, 7) is 5.73. The van der Waals surface area contributed by atoms with E-state index in [1.165, 1.54) is 6.33 Å². The maximum Gasteiger partial charge on any atom is 0.223 e. The SMILES string of the molecule is CN1CCN(C(=O)CC2(COc3ccc(Cl)cc3)CCN(C(=O)CCCn3cncn3)CC2)CC1. The average molecular weight is 503 g/mol. The van der Waals surface area contributed by atoms with Crippen molar-refractivity contribution >= 4 is 23.4 Å². The summed E-state index contributed by atoms with van der Waals surface area (Å²) in [4.78, 5) is 36.1. The van der Waals surface area contributed by atoms with Gasteiger partial charge in [-0.2, -0.15) is 5.10 Å². The third-order valence-electron chi connectivity index (χ3n) is 7.16. The van der Waals surface area contributed by atoms with E-state index in [2.05, 4.69) is 22.0 Å². The largest absolute Gasteiger partial charge is 0.493 e. The molecule has 0 aliphatic carbocycles. The number of amides is 2. The summed E-state index contributed by atoms with van der Waals surface area (Å²) in [6.07, 6.45) is 6.31. The second-order valence-electron chi connectivity index (χ2n) is 9.75. The first-order valence-electron chi connectivity index (χ1n) is 12.4. The Balaban J connectivity index is 1.34. The second-order valence-corrected chi connectivity index (χ2v) is 10.2. The standard InChI is InChI=1S/C25H35ClN6O3/c1-29-13-15-31(16-14-29)24(34)17-25(18-35-22-6-4-21(26)5-7-22)8-11-30(12-9-25)23(33)3-2-10-32-20-27-19-28-32/h4-7,19-20H,2-3,8-18H2,1H3. The molecule has 1 aromatic carbocycles. The maximum absolute atomic E-state index is 13.2. The van der Waals surface area contributed by atoms with E-state index in [-0.39, 0.29) is 17.2 Å². The number of piperazine rings is 1. The molecule has 0 unspecified atom stereocenters. The van der Waals surface area contributed by atoms with Gasteiger partial charge in [0.05, 0.1) is 6.61 Å². The number of aromatic nitrogens is 3. The van der Waals surface area contributed by atoms with Gasteiger partial charge < -0.3 is 19.4 Å². The van der Waals surface area contributed by atoms with E-state index in [4.69, 9.17) is 16.3 Å². The summed E-state index contributed by atoms with van der Waals surface area (Å²) in [5, 5.41) is 4.75. The number of piperidine rings is 1. The molecule has 0 N–H and O–H groups in total. The van der Waals surface area contributed by atoms with E-state index in [0.717, 1.165) is 51.2 Å². The van der Waals surface area contributed by atoms with E-state index in [0.29, 0.717) is 44.1 Å². The number of carbonyl (C=O) groups is 2. The minimum absolute atomic E-state index is 0.155. The summed E-state index contributed by atoms with van der Waals surface area (Å²) in [6, 6.07) is 7.32. The fourth-order valence-electron chi connectivity index (χ4n) is 4.76. The van der Waals surface area contributed by atoms with E-state index in [9.17, 15) is 9.59 Å². The zero-order valence-corrected chi connectivity index (χ0v) is 21.2. The topological polar surface area (TPSA) is 83.8 Å². The van der Waals surface area contributed by atoms with Gasteiger partial charge in [-0.05, 0) is 50.6 Å². The van der Waals surface area contributed by atoms with Gasteiger partial charge in [0.2, 0.25) is 11.8 Å². The highest BCUT2D eigenvalue weighted by Crippen LogP contribution is 2.37. The van der Waals surface area contributed by atoms with Gasteiger partial charge in [0.25, 0.3) is 0 Å². The van der Waals surface area contributed by atoms with Crippen LogP contribution < -0.4 is 4.74 Å². The molecular weight excluding hydrogens is 468 g/mol. The van der Waals surface area contributed by atoms with Gasteiger partial charge in [-0.1, -0.05) is 11.6 Å². The fourth-order valence-corrected chi connectivity index (χ4v) is 4.88. The van der Waals surface area contributed by atoms with Crippen LogP contribution >= 0.6 is 11.6 Å². The van der Waals surface area contributed by atoms with Gasteiger partial charge in [0.1, 0.15) is 18.4 Å². The van der Waals surface area contributed by atoms with Crippen molar-refractivity contribution in [1.82, 2.24) is 29.5 Å². The lowest BCUT2D eigenvalue weighted by Gasteiger charge is -2.43. The van der Waals surface area contributed by atoms with Crippen molar-refractivity contribution in [2.24, 2.45) is 5.41 Å². The predicted octanol–water partition coefficient (Wildman–Crippen LogP) is 2.56. The Labute approximate surface area is 212 Å². The number of hydrogen-bond acceptors (Lipinski definition) is 6. The number of ether oxygens (including phenoxy) is 1. The number of rotatable bonds is 9. The van der Waals surface area contributed by atoms with Crippen molar-refractivity contribution < 1.29 is 14.3 Å². The number of carbonyl (C=O) groups excluding carboxylic acids is 2. The number of hydrogen-bond donors (Lipinski definition) is 0. The molecule has 2 amide bonds. The number of nitrogens with zero attached hydrogens (tertiary/aromatic N) is 6. The minimum Gasteiger partial charge on any atom is -0.493 e. The molecule has 0 radical (unpaired) electrons. The lowest BCUT2D eigenvalue weighted by Crippen LogP contribution is -2.51. The van der Waals surface area contributed by atoms with Gasteiger partial charge in [0, 0.05) is 69.1 Å². The van der Waals surface area contributed by atoms with Crippen molar-refractivity contribution in [2.45, 2.75) is 38.6 Å². The number of likely N-dealkylation sites (tertiary alicyclic amines) is 1. The van der Waals surface area contributed by atoms with Gasteiger partial charge in [0.15, 0.2) is 0 Å². The van der Waals surface area contributed by atoms with Crippen LogP contribution in [0, 0.1) is 5.41 Å². The summed E-state index contributed by atoms with van der Waals surface area (Å²) >= 11 is 6.01. The second kappa shape index (κ2) is 11.9. The Kier molecular flexibility index (Phi) is 8.62. The lowest BCUT2D eigenvalue weighted by molar-refractivity contribution is -0.139. The van der Waals surface area contributed by atoms with Crippen LogP contribution in [0.1, 0.15) is 32.1 Å². The first-order valence-corrected chi connectivity index (χ1v) is 12.8. The van der Waals surface area contributed by atoms with Crippen LogP contribution in [-0.2, 0) is 16.1 Å². The number of aryl methyl sites for hydroxylation is 1. The van der Waals surface area contributed by atoms with Gasteiger partial charge in [-0.3, -0.25) is 14.3 Å². The molecule has 1 aromatic heterocycles. The summed E-state index contributed by atoms with van der Waals surface area (Å²) in [5.41, 5.74) is -0.294. The molecule has 2 aliphatic heterocycles. The van der Waals surface area contributed by atoms with E-state index >= 15 is 0 Å². The van der Waals surface area contributed by atoms with Crippen LogP contribution in [0.3, 0.4) is 0 Å². The molecule has 2 aliphatic rings.